The summed E-state index contributed by atoms with van der Waals surface area (Å²) in [5, 5.41) is 10.6. The van der Waals surface area contributed by atoms with Gasteiger partial charge in [0.25, 0.3) is 5.91 Å². The van der Waals surface area contributed by atoms with Crippen LogP contribution in [0.2, 0.25) is 0 Å². The van der Waals surface area contributed by atoms with Gasteiger partial charge in [-0.1, -0.05) is 44.2 Å². The summed E-state index contributed by atoms with van der Waals surface area (Å²) < 4.78 is 18.2. The number of nitrogens with zero attached hydrogens (tertiary/aromatic N) is 4. The number of aromatic nitrogens is 3. The molecule has 0 saturated heterocycles. The Morgan fingerprint density at radius 2 is 1.88 bits per heavy atom. The lowest BCUT2D eigenvalue weighted by Crippen LogP contribution is -2.46. The van der Waals surface area contributed by atoms with Crippen LogP contribution in [0.3, 0.4) is 0 Å². The highest BCUT2D eigenvalue weighted by Crippen LogP contribution is 2.29. The first-order valence-electron chi connectivity index (χ1n) is 13.5. The zero-order valence-corrected chi connectivity index (χ0v) is 23.8. The Morgan fingerprint density at radius 1 is 1.10 bits per heavy atom. The largest absolute Gasteiger partial charge is 0.493 e. The molecule has 4 rings (SSSR count). The number of hydrogen-bond acceptors (Lipinski definition) is 8. The summed E-state index contributed by atoms with van der Waals surface area (Å²) in [6, 6.07) is 14.0. The Bertz CT molecular complexity index is 1360. The minimum atomic E-state index is -0.500. The molecule has 3 aromatic rings. The van der Waals surface area contributed by atoms with Crippen molar-refractivity contribution in [2.75, 3.05) is 47.1 Å². The lowest BCUT2D eigenvalue weighted by molar-refractivity contribution is -0.139. The highest BCUT2D eigenvalue weighted by molar-refractivity contribution is 5.95. The highest BCUT2D eigenvalue weighted by Gasteiger charge is 2.27. The minimum Gasteiger partial charge on any atom is -0.493 e. The molecule has 41 heavy (non-hydrogen) atoms. The predicted molar refractivity (Wildman–Crippen MR) is 150 cm³/mol. The van der Waals surface area contributed by atoms with Crippen LogP contribution in [0.5, 0.6) is 11.5 Å². The Hall–Kier alpha value is -4.45. The number of benzene rings is 2. The van der Waals surface area contributed by atoms with Crippen LogP contribution >= 0.6 is 0 Å². The van der Waals surface area contributed by atoms with Crippen LogP contribution in [-0.2, 0) is 20.9 Å². The second kappa shape index (κ2) is 13.8. The summed E-state index contributed by atoms with van der Waals surface area (Å²) in [5.74, 6) is 0.823. The van der Waals surface area contributed by atoms with Crippen molar-refractivity contribution in [3.05, 3.63) is 59.9 Å². The molecule has 1 aromatic heterocycles. The van der Waals surface area contributed by atoms with Gasteiger partial charge in [0.05, 0.1) is 26.2 Å². The smallest absolute Gasteiger partial charge is 0.251 e. The van der Waals surface area contributed by atoms with Crippen LogP contribution in [0.1, 0.15) is 36.1 Å². The van der Waals surface area contributed by atoms with Gasteiger partial charge >= 0.3 is 0 Å². The van der Waals surface area contributed by atoms with Gasteiger partial charge < -0.3 is 29.7 Å². The highest BCUT2D eigenvalue weighted by atomic mass is 16.5. The first kappa shape index (κ1) is 29.5. The van der Waals surface area contributed by atoms with Crippen LogP contribution in [0, 0.1) is 5.92 Å². The molecule has 0 saturated carbocycles. The van der Waals surface area contributed by atoms with Gasteiger partial charge in [-0.15, -0.1) is 0 Å². The summed E-state index contributed by atoms with van der Waals surface area (Å²) >= 11 is 0. The van der Waals surface area contributed by atoms with E-state index >= 15 is 0 Å². The molecular formula is C29H36N6O6. The molecule has 1 aliphatic heterocycles. The normalized spacial score (nSPS) is 16.7. The number of amides is 3. The molecular weight excluding hydrogens is 528 g/mol. The zero-order chi connectivity index (χ0) is 29.4. The molecule has 0 unspecified atom stereocenters. The summed E-state index contributed by atoms with van der Waals surface area (Å²) in [6.07, 6.45) is 0. The van der Waals surface area contributed by atoms with Gasteiger partial charge in [-0.3, -0.25) is 14.4 Å². The molecule has 1 atom stereocenters. The van der Waals surface area contributed by atoms with Crippen LogP contribution in [0.25, 0.3) is 11.4 Å². The van der Waals surface area contributed by atoms with Crippen LogP contribution < -0.4 is 20.1 Å². The molecule has 0 spiro atoms. The van der Waals surface area contributed by atoms with Gasteiger partial charge in [0, 0.05) is 31.3 Å². The maximum Gasteiger partial charge on any atom is 0.251 e. The monoisotopic (exact) mass is 564 g/mol. The maximum absolute atomic E-state index is 13.3. The minimum absolute atomic E-state index is 0.0484. The number of hydrogen-bond donors (Lipinski definition) is 2. The third kappa shape index (κ3) is 7.40. The molecule has 3 amide bonds. The summed E-state index contributed by atoms with van der Waals surface area (Å²) in [7, 11) is 2.94. The number of methoxy groups -OCH3 is 2. The Kier molecular flexibility index (Phi) is 9.91. The van der Waals surface area contributed by atoms with Gasteiger partial charge in [0.1, 0.15) is 13.2 Å². The van der Waals surface area contributed by atoms with Crippen molar-refractivity contribution in [1.82, 2.24) is 30.3 Å². The zero-order valence-electron chi connectivity index (χ0n) is 23.8. The van der Waals surface area contributed by atoms with Gasteiger partial charge in [0.2, 0.25) is 11.8 Å². The topological polar surface area (TPSA) is 137 Å². The van der Waals surface area contributed by atoms with E-state index in [1.165, 1.54) is 19.1 Å². The van der Waals surface area contributed by atoms with Gasteiger partial charge in [0.15, 0.2) is 23.1 Å². The fourth-order valence-electron chi connectivity index (χ4n) is 4.47. The summed E-state index contributed by atoms with van der Waals surface area (Å²) in [5.41, 5.74) is 1.20. The fraction of sp³-hybridized carbons (Fsp3) is 0.414. The van der Waals surface area contributed by atoms with E-state index in [1.54, 1.807) is 22.9 Å². The number of fused-ring (bicyclic) bond motifs is 3. The molecule has 12 nitrogen and oxygen atoms in total. The number of ether oxygens (including phenoxy) is 3. The van der Waals surface area contributed by atoms with E-state index in [-0.39, 0.29) is 56.5 Å². The second-order valence-corrected chi connectivity index (χ2v) is 9.89. The maximum atomic E-state index is 13.3. The van der Waals surface area contributed by atoms with Crippen LogP contribution in [-0.4, -0.2) is 84.5 Å². The average Bonchev–Trinajstić information content (AvgIpc) is 3.39. The van der Waals surface area contributed by atoms with Crippen molar-refractivity contribution >= 4 is 17.7 Å². The first-order chi connectivity index (χ1) is 19.8. The van der Waals surface area contributed by atoms with Crippen molar-refractivity contribution in [2.45, 2.75) is 26.4 Å². The van der Waals surface area contributed by atoms with E-state index in [1.807, 2.05) is 44.2 Å². The van der Waals surface area contributed by atoms with E-state index in [9.17, 15) is 14.4 Å². The molecule has 12 heteroatoms. The van der Waals surface area contributed by atoms with Crippen LogP contribution in [0.4, 0.5) is 0 Å². The van der Waals surface area contributed by atoms with E-state index < -0.39 is 6.04 Å². The van der Waals surface area contributed by atoms with Crippen LogP contribution in [0.15, 0.2) is 48.5 Å². The number of carbonyl (C=O) groups is 3. The Balaban J connectivity index is 1.73. The van der Waals surface area contributed by atoms with Gasteiger partial charge in [-0.2, -0.15) is 5.10 Å². The molecule has 218 valence electrons. The Morgan fingerprint density at radius 3 is 2.59 bits per heavy atom. The lowest BCUT2D eigenvalue weighted by Gasteiger charge is -2.26. The molecule has 0 aliphatic carbocycles. The van der Waals surface area contributed by atoms with Crippen molar-refractivity contribution in [2.24, 2.45) is 5.92 Å². The lowest BCUT2D eigenvalue weighted by atomic mass is 10.0. The number of carbonyl (C=O) groups excluding carboxylic acids is 3. The van der Waals surface area contributed by atoms with Crippen molar-refractivity contribution < 1.29 is 28.6 Å². The third-order valence-corrected chi connectivity index (χ3v) is 6.60. The first-order valence-corrected chi connectivity index (χ1v) is 13.5. The number of nitrogens with one attached hydrogen (secondary N) is 2. The second-order valence-electron chi connectivity index (χ2n) is 9.89. The van der Waals surface area contributed by atoms with E-state index in [0.717, 1.165) is 5.56 Å². The summed E-state index contributed by atoms with van der Waals surface area (Å²) in [6.45, 7) is 4.30. The molecule has 0 radical (unpaired) electrons. The number of rotatable bonds is 5. The molecule has 2 N–H and O–H groups in total. The molecule has 2 heterocycles. The standard InChI is InChI=1S/C29H36N6O6/c1-19(2)26-28-32-27(20-8-6-5-7-9-20)33-35(28)14-15-41-23-16-21(10-11-22(23)40-4)29(38)30-12-13-34(17-24(36)31-26)25(37)18-39-3/h5-11,16,19,26H,12-15,17-18H2,1-4H3,(H,30,38)(H,31,36)/t26-/m1/s1. The third-order valence-electron chi connectivity index (χ3n) is 6.60. The van der Waals surface area contributed by atoms with Crippen molar-refractivity contribution in [3.8, 4) is 22.9 Å². The van der Waals surface area contributed by atoms with Gasteiger partial charge in [-0.05, 0) is 24.1 Å². The Labute approximate surface area is 239 Å². The van der Waals surface area contributed by atoms with E-state index in [0.29, 0.717) is 35.3 Å². The van der Waals surface area contributed by atoms with Crippen molar-refractivity contribution in [1.29, 1.82) is 0 Å². The summed E-state index contributed by atoms with van der Waals surface area (Å²) in [4.78, 5) is 45.1. The SMILES string of the molecule is COCC(=O)N1CCNC(=O)c2ccc(OC)c(c2)OCCn2nc(-c3ccccc3)nc2[C@@H](C(C)C)NC(=O)C1. The fourth-order valence-corrected chi connectivity index (χ4v) is 4.47. The van der Waals surface area contributed by atoms with E-state index in [4.69, 9.17) is 24.3 Å². The van der Waals surface area contributed by atoms with E-state index in [2.05, 4.69) is 10.6 Å². The average molecular weight is 565 g/mol. The molecule has 2 bridgehead atoms. The quantitative estimate of drug-likeness (QED) is 0.481. The molecule has 1 aliphatic rings. The predicted octanol–water partition coefficient (Wildman–Crippen LogP) is 2.06. The van der Waals surface area contributed by atoms with Gasteiger partial charge in [-0.25, -0.2) is 9.67 Å². The molecule has 2 aromatic carbocycles. The molecule has 0 fully saturated rings. The van der Waals surface area contributed by atoms with Crippen molar-refractivity contribution in [3.63, 3.8) is 0 Å².